The third-order valence-electron chi connectivity index (χ3n) is 5.92. The molecule has 5 heteroatoms. The minimum atomic E-state index is -0.973. The minimum absolute atomic E-state index is 0.0786. The normalized spacial score (nSPS) is 39.5. The summed E-state index contributed by atoms with van der Waals surface area (Å²) in [5, 5.41) is 20.2. The quantitative estimate of drug-likeness (QED) is 0.631. The summed E-state index contributed by atoms with van der Waals surface area (Å²) in [5.41, 5.74) is -1.29. The summed E-state index contributed by atoms with van der Waals surface area (Å²) in [6.45, 7) is 10.4. The monoisotopic (exact) mass is 335 g/mol. The molecule has 3 fully saturated rings. The molecule has 1 aliphatic heterocycles. The first-order valence-corrected chi connectivity index (χ1v) is 8.94. The maximum atomic E-state index is 12.3. The summed E-state index contributed by atoms with van der Waals surface area (Å²) in [6.07, 6.45) is 1.36. The molecular formula is C19H29NO4. The first-order valence-electron chi connectivity index (χ1n) is 8.94. The third-order valence-corrected chi connectivity index (χ3v) is 5.92. The van der Waals surface area contributed by atoms with E-state index < -0.39 is 23.2 Å². The van der Waals surface area contributed by atoms with Crippen LogP contribution in [-0.4, -0.2) is 29.6 Å². The van der Waals surface area contributed by atoms with Crippen molar-refractivity contribution in [2.24, 2.45) is 28.1 Å². The Morgan fingerprint density at radius 3 is 2.62 bits per heavy atom. The van der Waals surface area contributed by atoms with Crippen LogP contribution in [-0.2, 0) is 14.3 Å². The molecule has 0 aromatic rings. The Bertz CT molecular complexity index is 573. The van der Waals surface area contributed by atoms with Crippen molar-refractivity contribution in [2.45, 2.75) is 78.8 Å². The molecule has 134 valence electrons. The molecule has 0 aromatic heterocycles. The van der Waals surface area contributed by atoms with Crippen LogP contribution < -0.4 is 0 Å². The van der Waals surface area contributed by atoms with Gasteiger partial charge < -0.3 is 14.6 Å². The van der Waals surface area contributed by atoms with Crippen molar-refractivity contribution in [3.63, 3.8) is 0 Å². The number of aliphatic hydroxyl groups is 1. The smallest absolute Gasteiger partial charge is 0.327 e. The lowest BCUT2D eigenvalue weighted by molar-refractivity contribution is -0.229. The molecule has 0 radical (unpaired) electrons. The second-order valence-corrected chi connectivity index (χ2v) is 9.85. The van der Waals surface area contributed by atoms with Crippen molar-refractivity contribution >= 4 is 5.97 Å². The molecule has 6 unspecified atom stereocenters. The van der Waals surface area contributed by atoms with E-state index in [9.17, 15) is 15.2 Å². The van der Waals surface area contributed by atoms with Crippen LogP contribution in [0.4, 0.5) is 0 Å². The number of hydrogen-bond acceptors (Lipinski definition) is 5. The number of ether oxygens (including phenoxy) is 2. The molecule has 24 heavy (non-hydrogen) atoms. The van der Waals surface area contributed by atoms with Crippen molar-refractivity contribution in [3.8, 4) is 6.07 Å². The fraction of sp³-hybridized carbons (Fsp3) is 0.895. The van der Waals surface area contributed by atoms with Gasteiger partial charge in [-0.3, -0.25) is 4.79 Å². The van der Waals surface area contributed by atoms with Gasteiger partial charge >= 0.3 is 5.97 Å². The summed E-state index contributed by atoms with van der Waals surface area (Å²) < 4.78 is 11.6. The van der Waals surface area contributed by atoms with Crippen LogP contribution in [0.3, 0.4) is 0 Å². The zero-order valence-electron chi connectivity index (χ0n) is 15.3. The number of nitrogens with zero attached hydrogens (tertiary/aromatic N) is 1. The molecule has 6 atom stereocenters. The van der Waals surface area contributed by atoms with Crippen molar-refractivity contribution in [3.05, 3.63) is 0 Å². The van der Waals surface area contributed by atoms with Gasteiger partial charge in [0.2, 0.25) is 0 Å². The van der Waals surface area contributed by atoms with Gasteiger partial charge in [-0.05, 0) is 37.0 Å². The van der Waals surface area contributed by atoms with Crippen molar-refractivity contribution in [1.29, 1.82) is 5.26 Å². The maximum absolute atomic E-state index is 12.3. The summed E-state index contributed by atoms with van der Waals surface area (Å²) in [7, 11) is 0. The van der Waals surface area contributed by atoms with E-state index in [2.05, 4.69) is 26.8 Å². The van der Waals surface area contributed by atoms with E-state index in [4.69, 9.17) is 9.47 Å². The van der Waals surface area contributed by atoms with E-state index in [0.29, 0.717) is 12.3 Å². The first kappa shape index (κ1) is 17.7. The van der Waals surface area contributed by atoms with Gasteiger partial charge in [-0.15, -0.1) is 0 Å². The summed E-state index contributed by atoms with van der Waals surface area (Å²) >= 11 is 0. The van der Waals surface area contributed by atoms with Crippen molar-refractivity contribution < 1.29 is 19.4 Å². The number of nitriles is 1. The molecule has 1 saturated heterocycles. The van der Waals surface area contributed by atoms with Crippen molar-refractivity contribution in [1.82, 2.24) is 0 Å². The minimum Gasteiger partial charge on any atom is -0.458 e. The lowest BCUT2D eigenvalue weighted by Crippen LogP contribution is -2.45. The van der Waals surface area contributed by atoms with Crippen LogP contribution in [0, 0.1) is 39.4 Å². The van der Waals surface area contributed by atoms with Gasteiger partial charge in [0.05, 0.1) is 12.2 Å². The fourth-order valence-electron chi connectivity index (χ4n) is 5.30. The highest BCUT2D eigenvalue weighted by molar-refractivity contribution is 5.83. The molecule has 5 nitrogen and oxygen atoms in total. The van der Waals surface area contributed by atoms with Gasteiger partial charge in [0.25, 0.3) is 0 Å². The van der Waals surface area contributed by atoms with Crippen LogP contribution >= 0.6 is 0 Å². The van der Waals surface area contributed by atoms with Crippen LogP contribution in [0.5, 0.6) is 0 Å². The van der Waals surface area contributed by atoms with Crippen molar-refractivity contribution in [2.75, 3.05) is 0 Å². The van der Waals surface area contributed by atoms with Gasteiger partial charge in [0.1, 0.15) is 6.10 Å². The van der Waals surface area contributed by atoms with Crippen LogP contribution in [0.1, 0.15) is 60.3 Å². The molecule has 1 heterocycles. The molecular weight excluding hydrogens is 306 g/mol. The second-order valence-electron chi connectivity index (χ2n) is 9.85. The first-order chi connectivity index (χ1) is 11.0. The molecule has 0 aromatic carbocycles. The number of rotatable bonds is 4. The number of aliphatic hydroxyl groups excluding tert-OH is 1. The zero-order valence-corrected chi connectivity index (χ0v) is 15.3. The topological polar surface area (TPSA) is 79.5 Å². The van der Waals surface area contributed by atoms with E-state index in [1.54, 1.807) is 0 Å². The van der Waals surface area contributed by atoms with Gasteiger partial charge in [-0.25, -0.2) is 0 Å². The Hall–Kier alpha value is -1.12. The van der Waals surface area contributed by atoms with Crippen LogP contribution in [0.15, 0.2) is 0 Å². The molecule has 3 rings (SSSR count). The molecule has 2 bridgehead atoms. The molecule has 0 amide bonds. The van der Waals surface area contributed by atoms with Gasteiger partial charge in [-0.1, -0.05) is 34.6 Å². The average molecular weight is 335 g/mol. The highest BCUT2D eigenvalue weighted by Crippen LogP contribution is 2.59. The van der Waals surface area contributed by atoms with E-state index in [1.165, 1.54) is 0 Å². The van der Waals surface area contributed by atoms with Gasteiger partial charge in [0, 0.05) is 11.3 Å². The largest absolute Gasteiger partial charge is 0.458 e. The fourth-order valence-corrected chi connectivity index (χ4v) is 5.30. The van der Waals surface area contributed by atoms with Crippen LogP contribution in [0.25, 0.3) is 0 Å². The number of carbonyl (C=O) groups is 1. The Morgan fingerprint density at radius 1 is 1.38 bits per heavy atom. The van der Waals surface area contributed by atoms with E-state index in [1.807, 2.05) is 13.8 Å². The Balaban J connectivity index is 1.74. The third kappa shape index (κ3) is 2.74. The highest BCUT2D eigenvalue weighted by atomic mass is 16.6. The maximum Gasteiger partial charge on any atom is 0.327 e. The summed E-state index contributed by atoms with van der Waals surface area (Å²) in [5.74, 6) is -0.169. The zero-order chi connectivity index (χ0) is 17.9. The van der Waals surface area contributed by atoms with Gasteiger partial charge in [0.15, 0.2) is 11.7 Å². The van der Waals surface area contributed by atoms with Crippen LogP contribution in [0.2, 0.25) is 0 Å². The average Bonchev–Trinajstić information content (AvgIpc) is 2.88. The number of fused-ring (bicyclic) bond motifs is 1. The Morgan fingerprint density at radius 2 is 2.04 bits per heavy atom. The number of esters is 1. The number of hydrogen-bond donors (Lipinski definition) is 1. The molecule has 0 spiro atoms. The predicted molar refractivity (Wildman–Crippen MR) is 87.5 cm³/mol. The Labute approximate surface area is 144 Å². The molecule has 1 N–H and O–H groups in total. The van der Waals surface area contributed by atoms with E-state index >= 15 is 0 Å². The predicted octanol–water partition coefficient (Wildman–Crippen LogP) is 3.02. The molecule has 3 aliphatic rings. The standard InChI is InChI=1S/C19H29NO4/c1-17(2,3)9-18(4,5)15(21)23-13-7-11-6-12-14(13)24-16(22)19(12,8-11)10-20/h11-15,21H,6-9H2,1-5H3. The summed E-state index contributed by atoms with van der Waals surface area (Å²) in [6, 6.07) is 2.23. The lowest BCUT2D eigenvalue weighted by atomic mass is 9.75. The number of carbonyl (C=O) groups excluding carboxylic acids is 1. The van der Waals surface area contributed by atoms with E-state index in [0.717, 1.165) is 19.3 Å². The van der Waals surface area contributed by atoms with E-state index in [-0.39, 0.29) is 23.4 Å². The molecule has 2 aliphatic carbocycles. The SMILES string of the molecule is CC(C)(C)CC(C)(C)C(O)OC1CC2CC3C1OC(=O)C3(C#N)C2. The molecule has 2 saturated carbocycles. The highest BCUT2D eigenvalue weighted by Gasteiger charge is 2.67. The summed E-state index contributed by atoms with van der Waals surface area (Å²) in [4.78, 5) is 12.3. The lowest BCUT2D eigenvalue weighted by Gasteiger charge is -2.40. The second kappa shape index (κ2) is 5.44. The van der Waals surface area contributed by atoms with Gasteiger partial charge in [-0.2, -0.15) is 5.26 Å². The Kier molecular flexibility index (Phi) is 4.01.